The van der Waals surface area contributed by atoms with E-state index in [0.717, 1.165) is 5.56 Å². The van der Waals surface area contributed by atoms with E-state index in [1.807, 2.05) is 13.8 Å². The van der Waals surface area contributed by atoms with Gasteiger partial charge < -0.3 is 19.9 Å². The molecule has 6 nitrogen and oxygen atoms in total. The number of aliphatic imine (C=N–C) groups is 1. The number of benzene rings is 1. The Bertz CT molecular complexity index is 604. The number of morpholine rings is 1. The number of rotatable bonds is 4. The number of hydrogen-bond donors (Lipinski definition) is 1. The summed E-state index contributed by atoms with van der Waals surface area (Å²) < 4.78 is 19.2. The Labute approximate surface area is 148 Å². The Kier molecular flexibility index (Phi) is 6.75. The van der Waals surface area contributed by atoms with Gasteiger partial charge in [-0.25, -0.2) is 9.38 Å². The number of amides is 1. The van der Waals surface area contributed by atoms with Crippen molar-refractivity contribution in [2.45, 2.75) is 26.1 Å². The van der Waals surface area contributed by atoms with Crippen molar-refractivity contribution in [2.24, 2.45) is 4.99 Å². The quantitative estimate of drug-likeness (QED) is 0.663. The number of carbonyl (C=O) groups is 1. The van der Waals surface area contributed by atoms with Crippen LogP contribution in [0.25, 0.3) is 0 Å². The topological polar surface area (TPSA) is 57.2 Å². The van der Waals surface area contributed by atoms with E-state index < -0.39 is 0 Å². The highest BCUT2D eigenvalue weighted by Crippen LogP contribution is 2.25. The second-order valence-electron chi connectivity index (χ2n) is 6.35. The van der Waals surface area contributed by atoms with Gasteiger partial charge in [-0.3, -0.25) is 4.79 Å². The number of hydrogen-bond acceptors (Lipinski definition) is 3. The molecule has 25 heavy (non-hydrogen) atoms. The number of halogens is 1. The summed E-state index contributed by atoms with van der Waals surface area (Å²) in [6.45, 7) is 6.07. The summed E-state index contributed by atoms with van der Waals surface area (Å²) in [6.07, 6.45) is -0.171. The third-order valence-corrected chi connectivity index (χ3v) is 4.00. The van der Waals surface area contributed by atoms with Crippen LogP contribution in [0, 0.1) is 5.82 Å². The van der Waals surface area contributed by atoms with Crippen LogP contribution in [0.15, 0.2) is 29.3 Å². The first-order chi connectivity index (χ1) is 11.9. The van der Waals surface area contributed by atoms with Crippen LogP contribution in [0.2, 0.25) is 0 Å². The van der Waals surface area contributed by atoms with Crippen LogP contribution in [0.4, 0.5) is 4.39 Å². The molecule has 1 aliphatic heterocycles. The van der Waals surface area contributed by atoms with Crippen molar-refractivity contribution in [3.05, 3.63) is 35.6 Å². The molecule has 0 bridgehead atoms. The van der Waals surface area contributed by atoms with Crippen LogP contribution in [0.3, 0.4) is 0 Å². The van der Waals surface area contributed by atoms with E-state index in [0.29, 0.717) is 25.6 Å². The van der Waals surface area contributed by atoms with Crippen molar-refractivity contribution in [1.29, 1.82) is 0 Å². The second kappa shape index (κ2) is 8.80. The van der Waals surface area contributed by atoms with Crippen LogP contribution in [-0.2, 0) is 9.53 Å². The Hall–Kier alpha value is -2.15. The van der Waals surface area contributed by atoms with Gasteiger partial charge in [0.05, 0.1) is 12.6 Å². The van der Waals surface area contributed by atoms with Crippen molar-refractivity contribution < 1.29 is 13.9 Å². The summed E-state index contributed by atoms with van der Waals surface area (Å²) in [7, 11) is 3.43. The van der Waals surface area contributed by atoms with Gasteiger partial charge in [0.25, 0.3) is 0 Å². The van der Waals surface area contributed by atoms with Crippen molar-refractivity contribution in [1.82, 2.24) is 15.1 Å². The van der Waals surface area contributed by atoms with Gasteiger partial charge in [-0.2, -0.15) is 0 Å². The molecule has 2 unspecified atom stereocenters. The lowest BCUT2D eigenvalue weighted by atomic mass is 10.1. The SMILES string of the molecule is CCNC(=NCC(=O)N(C)C)N1CC(C)OC(c2ccc(F)cc2)C1. The first-order valence-corrected chi connectivity index (χ1v) is 8.55. The Morgan fingerprint density at radius 2 is 2.04 bits per heavy atom. The first kappa shape index (κ1) is 19.2. The molecule has 2 rings (SSSR count). The number of nitrogens with one attached hydrogen (secondary N) is 1. The normalized spacial score (nSPS) is 21.2. The van der Waals surface area contributed by atoms with Gasteiger partial charge in [0.15, 0.2) is 5.96 Å². The maximum Gasteiger partial charge on any atom is 0.243 e. The number of nitrogens with zero attached hydrogens (tertiary/aromatic N) is 3. The number of ether oxygens (including phenoxy) is 1. The van der Waals surface area contributed by atoms with Crippen molar-refractivity contribution >= 4 is 11.9 Å². The predicted octanol–water partition coefficient (Wildman–Crippen LogP) is 1.64. The summed E-state index contributed by atoms with van der Waals surface area (Å²) in [4.78, 5) is 19.9. The lowest BCUT2D eigenvalue weighted by molar-refractivity contribution is -0.127. The average molecular weight is 350 g/mol. The zero-order valence-corrected chi connectivity index (χ0v) is 15.3. The lowest BCUT2D eigenvalue weighted by Gasteiger charge is -2.38. The summed E-state index contributed by atoms with van der Waals surface area (Å²) in [5, 5.41) is 3.24. The van der Waals surface area contributed by atoms with Crippen molar-refractivity contribution in [2.75, 3.05) is 40.3 Å². The highest BCUT2D eigenvalue weighted by molar-refractivity contribution is 5.85. The van der Waals surface area contributed by atoms with E-state index in [-0.39, 0.29) is 30.5 Å². The highest BCUT2D eigenvalue weighted by atomic mass is 19.1. The molecular weight excluding hydrogens is 323 g/mol. The van der Waals surface area contributed by atoms with E-state index in [1.165, 1.54) is 17.0 Å². The van der Waals surface area contributed by atoms with Crippen LogP contribution in [-0.4, -0.2) is 68.0 Å². The van der Waals surface area contributed by atoms with Crippen LogP contribution < -0.4 is 5.32 Å². The molecule has 1 aromatic carbocycles. The minimum Gasteiger partial charge on any atom is -0.367 e. The van der Waals surface area contributed by atoms with Crippen LogP contribution in [0.1, 0.15) is 25.5 Å². The number of guanidine groups is 1. The van der Waals surface area contributed by atoms with Gasteiger partial charge in [0.2, 0.25) is 5.91 Å². The molecule has 0 radical (unpaired) electrons. The molecule has 0 saturated carbocycles. The maximum atomic E-state index is 13.2. The molecule has 1 heterocycles. The Balaban J connectivity index is 2.14. The summed E-state index contributed by atoms with van der Waals surface area (Å²) in [5.74, 6) is 0.383. The third kappa shape index (κ3) is 5.42. The van der Waals surface area contributed by atoms with Gasteiger partial charge in [-0.15, -0.1) is 0 Å². The molecule has 0 spiro atoms. The largest absolute Gasteiger partial charge is 0.367 e. The standard InChI is InChI=1S/C18H27FN4O2/c1-5-20-18(21-10-17(24)22(3)4)23-11-13(2)25-16(12-23)14-6-8-15(19)9-7-14/h6-9,13,16H,5,10-12H2,1-4H3,(H,20,21). The van der Waals surface area contributed by atoms with Gasteiger partial charge in [0, 0.05) is 27.2 Å². The highest BCUT2D eigenvalue weighted by Gasteiger charge is 2.28. The van der Waals surface area contributed by atoms with E-state index >= 15 is 0 Å². The molecule has 7 heteroatoms. The fourth-order valence-corrected chi connectivity index (χ4v) is 2.70. The molecule has 1 aromatic rings. The molecule has 1 saturated heterocycles. The van der Waals surface area contributed by atoms with Crippen LogP contribution in [0.5, 0.6) is 0 Å². The third-order valence-electron chi connectivity index (χ3n) is 4.00. The fourth-order valence-electron chi connectivity index (χ4n) is 2.70. The smallest absolute Gasteiger partial charge is 0.243 e. The minimum atomic E-state index is -0.262. The molecule has 0 aromatic heterocycles. The fraction of sp³-hybridized carbons (Fsp3) is 0.556. The van der Waals surface area contributed by atoms with E-state index in [9.17, 15) is 9.18 Å². The second-order valence-corrected chi connectivity index (χ2v) is 6.35. The summed E-state index contributed by atoms with van der Waals surface area (Å²) >= 11 is 0. The Morgan fingerprint density at radius 3 is 2.64 bits per heavy atom. The van der Waals surface area contributed by atoms with E-state index in [1.54, 1.807) is 26.2 Å². The molecule has 1 N–H and O–H groups in total. The average Bonchev–Trinajstić information content (AvgIpc) is 2.58. The van der Waals surface area contributed by atoms with Gasteiger partial charge in [-0.05, 0) is 31.5 Å². The van der Waals surface area contributed by atoms with Crippen molar-refractivity contribution in [3.63, 3.8) is 0 Å². The summed E-state index contributed by atoms with van der Waals surface area (Å²) in [5.41, 5.74) is 0.929. The molecular formula is C18H27FN4O2. The molecule has 0 aliphatic carbocycles. The predicted molar refractivity (Wildman–Crippen MR) is 95.9 cm³/mol. The molecule has 138 valence electrons. The lowest BCUT2D eigenvalue weighted by Crippen LogP contribution is -2.51. The van der Waals surface area contributed by atoms with Gasteiger partial charge in [-0.1, -0.05) is 12.1 Å². The minimum absolute atomic E-state index is 0.00258. The maximum absolute atomic E-state index is 13.2. The first-order valence-electron chi connectivity index (χ1n) is 8.55. The molecule has 1 aliphatic rings. The number of likely N-dealkylation sites (N-methyl/N-ethyl adjacent to an activating group) is 1. The Morgan fingerprint density at radius 1 is 1.36 bits per heavy atom. The zero-order chi connectivity index (χ0) is 18.4. The van der Waals surface area contributed by atoms with Crippen molar-refractivity contribution in [3.8, 4) is 0 Å². The summed E-state index contributed by atoms with van der Waals surface area (Å²) in [6, 6.07) is 6.38. The van der Waals surface area contributed by atoms with Crippen LogP contribution >= 0.6 is 0 Å². The van der Waals surface area contributed by atoms with E-state index in [4.69, 9.17) is 4.74 Å². The molecule has 1 amide bonds. The van der Waals surface area contributed by atoms with Gasteiger partial charge in [0.1, 0.15) is 18.5 Å². The molecule has 2 atom stereocenters. The van der Waals surface area contributed by atoms with E-state index in [2.05, 4.69) is 15.2 Å². The number of carbonyl (C=O) groups excluding carboxylic acids is 1. The molecule has 1 fully saturated rings. The van der Waals surface area contributed by atoms with Gasteiger partial charge >= 0.3 is 0 Å². The zero-order valence-electron chi connectivity index (χ0n) is 15.3. The monoisotopic (exact) mass is 350 g/mol.